The predicted octanol–water partition coefficient (Wildman–Crippen LogP) is 2.85. The highest BCUT2D eigenvalue weighted by Crippen LogP contribution is 2.68. The molecule has 0 bridgehead atoms. The van der Waals surface area contributed by atoms with Gasteiger partial charge in [-0.2, -0.15) is 0 Å². The molecule has 0 saturated heterocycles. The van der Waals surface area contributed by atoms with E-state index in [1.54, 1.807) is 0 Å². The number of aliphatic hydroxyl groups is 3. The molecule has 0 heterocycles. The zero-order valence-corrected chi connectivity index (χ0v) is 16.2. The van der Waals surface area contributed by atoms with Gasteiger partial charge in [0, 0.05) is 18.3 Å². The van der Waals surface area contributed by atoms with Crippen molar-refractivity contribution in [3.63, 3.8) is 0 Å². The van der Waals surface area contributed by atoms with Crippen molar-refractivity contribution in [3.8, 4) is 0 Å². The fourth-order valence-corrected chi connectivity index (χ4v) is 7.89. The monoisotopic (exact) mass is 362 g/mol. The van der Waals surface area contributed by atoms with Crippen molar-refractivity contribution in [2.45, 2.75) is 76.9 Å². The summed E-state index contributed by atoms with van der Waals surface area (Å²) < 4.78 is 0. The number of carbonyl (C=O) groups is 1. The van der Waals surface area contributed by atoms with Crippen LogP contribution in [0.25, 0.3) is 0 Å². The molecule has 4 fully saturated rings. The first-order valence-corrected chi connectivity index (χ1v) is 10.4. The van der Waals surface area contributed by atoms with Crippen LogP contribution in [0, 0.1) is 34.5 Å². The van der Waals surface area contributed by atoms with Crippen LogP contribution in [0.2, 0.25) is 0 Å². The van der Waals surface area contributed by atoms with Gasteiger partial charge in [-0.3, -0.25) is 4.79 Å². The summed E-state index contributed by atoms with van der Waals surface area (Å²) in [6.45, 7) is 8.16. The molecule has 4 nitrogen and oxygen atoms in total. The van der Waals surface area contributed by atoms with Crippen LogP contribution in [0.15, 0.2) is 12.2 Å². The van der Waals surface area contributed by atoms with E-state index in [9.17, 15) is 20.1 Å². The van der Waals surface area contributed by atoms with Crippen LogP contribution in [0.5, 0.6) is 0 Å². The highest BCUT2D eigenvalue weighted by atomic mass is 16.3. The summed E-state index contributed by atoms with van der Waals surface area (Å²) in [5.74, 6) is 1.74. The van der Waals surface area contributed by atoms with Crippen molar-refractivity contribution in [2.24, 2.45) is 34.5 Å². The fraction of sp³-hybridized carbons (Fsp3) is 0.864. The summed E-state index contributed by atoms with van der Waals surface area (Å²) in [7, 11) is 0. The van der Waals surface area contributed by atoms with Gasteiger partial charge in [-0.1, -0.05) is 20.4 Å². The largest absolute Gasteiger partial charge is 0.393 e. The van der Waals surface area contributed by atoms with Crippen LogP contribution in [0.4, 0.5) is 0 Å². The third-order valence-electron chi connectivity index (χ3n) is 9.34. The number of ketones is 1. The molecule has 0 aromatic heterocycles. The zero-order chi connectivity index (χ0) is 18.9. The Morgan fingerprint density at radius 1 is 1.23 bits per heavy atom. The highest BCUT2D eigenvalue weighted by Gasteiger charge is 2.67. The molecule has 4 heteroatoms. The molecule has 3 N–H and O–H groups in total. The number of hydrogen-bond acceptors (Lipinski definition) is 4. The second kappa shape index (κ2) is 5.89. The van der Waals surface area contributed by atoms with Gasteiger partial charge in [0.15, 0.2) is 0 Å². The summed E-state index contributed by atoms with van der Waals surface area (Å²) in [6.07, 6.45) is 5.98. The van der Waals surface area contributed by atoms with Crippen LogP contribution in [-0.4, -0.2) is 39.4 Å². The van der Waals surface area contributed by atoms with Crippen molar-refractivity contribution in [2.75, 3.05) is 6.61 Å². The maximum Gasteiger partial charge on any atom is 0.133 e. The molecule has 0 spiro atoms. The first-order chi connectivity index (χ1) is 12.2. The Kier molecular flexibility index (Phi) is 4.22. The van der Waals surface area contributed by atoms with Crippen LogP contribution in [-0.2, 0) is 4.79 Å². The Hall–Kier alpha value is -0.710. The Labute approximate surface area is 156 Å². The number of rotatable bonds is 2. The summed E-state index contributed by atoms with van der Waals surface area (Å²) in [6, 6.07) is 0. The maximum absolute atomic E-state index is 12.0. The lowest BCUT2D eigenvalue weighted by Gasteiger charge is -2.62. The van der Waals surface area contributed by atoms with Gasteiger partial charge in [-0.25, -0.2) is 0 Å². The molecule has 26 heavy (non-hydrogen) atoms. The average molecular weight is 363 g/mol. The molecular formula is C22H34O4. The molecular weight excluding hydrogens is 328 g/mol. The number of fused-ring (bicyclic) bond motifs is 5. The molecule has 146 valence electrons. The molecule has 4 aliphatic carbocycles. The number of aliphatic hydroxyl groups excluding tert-OH is 2. The van der Waals surface area contributed by atoms with E-state index in [2.05, 4.69) is 20.4 Å². The Morgan fingerprint density at radius 2 is 1.96 bits per heavy atom. The van der Waals surface area contributed by atoms with Crippen LogP contribution < -0.4 is 0 Å². The van der Waals surface area contributed by atoms with Gasteiger partial charge < -0.3 is 15.3 Å². The minimum Gasteiger partial charge on any atom is -0.393 e. The van der Waals surface area contributed by atoms with E-state index in [1.807, 2.05) is 0 Å². The van der Waals surface area contributed by atoms with Crippen molar-refractivity contribution >= 4 is 5.78 Å². The predicted molar refractivity (Wildman–Crippen MR) is 99.3 cm³/mol. The molecule has 0 aromatic carbocycles. The van der Waals surface area contributed by atoms with Crippen LogP contribution >= 0.6 is 0 Å². The van der Waals surface area contributed by atoms with Crippen LogP contribution in [0.1, 0.15) is 65.2 Å². The van der Waals surface area contributed by atoms with E-state index >= 15 is 0 Å². The molecule has 0 radical (unpaired) electrons. The summed E-state index contributed by atoms with van der Waals surface area (Å²) in [5.41, 5.74) is -0.984. The average Bonchev–Trinajstić information content (AvgIpc) is 2.86. The molecule has 4 aliphatic rings. The van der Waals surface area contributed by atoms with E-state index in [4.69, 9.17) is 0 Å². The van der Waals surface area contributed by atoms with Crippen molar-refractivity contribution in [1.29, 1.82) is 0 Å². The van der Waals surface area contributed by atoms with Gasteiger partial charge >= 0.3 is 0 Å². The normalized spacial score (nSPS) is 53.6. The first-order valence-electron chi connectivity index (χ1n) is 10.4. The SMILES string of the molecule is C=C(CO)[C@@]1(O)CC[C@H]2[C@@H]3CC[C@@H]4CC(=O)CC[C@]4(C)[C@H]3[C@@H](O)C[C@@]21C. The highest BCUT2D eigenvalue weighted by molar-refractivity contribution is 5.79. The smallest absolute Gasteiger partial charge is 0.133 e. The topological polar surface area (TPSA) is 77.8 Å². The lowest BCUT2D eigenvalue weighted by molar-refractivity contribution is -0.190. The van der Waals surface area contributed by atoms with Gasteiger partial charge in [0.05, 0.1) is 18.3 Å². The van der Waals surface area contributed by atoms with Crippen molar-refractivity contribution in [1.82, 2.24) is 0 Å². The quantitative estimate of drug-likeness (QED) is 0.660. The zero-order valence-electron chi connectivity index (χ0n) is 16.2. The van der Waals surface area contributed by atoms with Gasteiger partial charge in [-0.05, 0) is 73.2 Å². The van der Waals surface area contributed by atoms with E-state index in [1.165, 1.54) is 0 Å². The lowest BCUT2D eigenvalue weighted by Crippen LogP contribution is -2.61. The summed E-state index contributed by atoms with van der Waals surface area (Å²) in [5, 5.41) is 32.4. The van der Waals surface area contributed by atoms with Gasteiger partial charge in [0.25, 0.3) is 0 Å². The Bertz CT molecular complexity index is 630. The molecule has 0 unspecified atom stereocenters. The summed E-state index contributed by atoms with van der Waals surface area (Å²) in [4.78, 5) is 12.0. The third kappa shape index (κ3) is 2.21. The lowest BCUT2D eigenvalue weighted by atomic mass is 9.43. The minimum absolute atomic E-state index is 0.0340. The molecule has 4 rings (SSSR count). The standard InChI is InChI=1S/C22H34O4/c1-13(12-23)22(26)9-7-17-16-5-4-14-10-15(24)6-8-20(14,2)19(16)18(25)11-21(17,22)3/h14,16-19,23,25-26H,1,4-12H2,2-3H3/t14-,16+,17+,18+,19-,20+,21+,22+/m1/s1. The van der Waals surface area contributed by atoms with Crippen molar-refractivity contribution < 1.29 is 20.1 Å². The van der Waals surface area contributed by atoms with Crippen molar-refractivity contribution in [3.05, 3.63) is 12.2 Å². The van der Waals surface area contributed by atoms with Gasteiger partial charge in [0.1, 0.15) is 5.78 Å². The molecule has 0 aliphatic heterocycles. The molecule has 0 aromatic rings. The minimum atomic E-state index is -1.08. The molecule has 0 amide bonds. The number of hydrogen-bond donors (Lipinski definition) is 3. The molecule has 4 saturated carbocycles. The van der Waals surface area contributed by atoms with Gasteiger partial charge in [0.2, 0.25) is 0 Å². The molecule has 8 atom stereocenters. The number of Topliss-reactive ketones (excluding diaryl/α,β-unsaturated/α-hetero) is 1. The first kappa shape index (κ1) is 18.6. The third-order valence-corrected chi connectivity index (χ3v) is 9.34. The van der Waals surface area contributed by atoms with E-state index in [0.717, 1.165) is 25.7 Å². The maximum atomic E-state index is 12.0. The summed E-state index contributed by atoms with van der Waals surface area (Å²) >= 11 is 0. The van der Waals surface area contributed by atoms with E-state index < -0.39 is 17.1 Å². The van der Waals surface area contributed by atoms with Crippen LogP contribution in [0.3, 0.4) is 0 Å². The Balaban J connectivity index is 1.70. The second-order valence-corrected chi connectivity index (χ2v) is 10.2. The van der Waals surface area contributed by atoms with E-state index in [0.29, 0.717) is 54.8 Å². The number of carbonyl (C=O) groups excluding carboxylic acids is 1. The van der Waals surface area contributed by atoms with E-state index in [-0.39, 0.29) is 17.9 Å². The Morgan fingerprint density at radius 3 is 2.65 bits per heavy atom. The fourth-order valence-electron chi connectivity index (χ4n) is 7.89. The van der Waals surface area contributed by atoms with Gasteiger partial charge in [-0.15, -0.1) is 0 Å². The second-order valence-electron chi connectivity index (χ2n) is 10.2.